The van der Waals surface area contributed by atoms with Crippen LogP contribution in [0.15, 0.2) is 48.5 Å². The van der Waals surface area contributed by atoms with Gasteiger partial charge in [-0.15, -0.1) is 0 Å². The standard InChI is InChI=1S/C20H18N2O10/c1-29-18-10-16(32-20(24)13-4-8-15(9-5-13)22(27)28)17(31-18)11-30-19(23)12-2-6-14(7-3-12)21(25)26/h2-9,16-18H,10-11H2,1H3. The van der Waals surface area contributed by atoms with E-state index in [9.17, 15) is 29.8 Å². The van der Waals surface area contributed by atoms with Crippen LogP contribution in [0.4, 0.5) is 11.4 Å². The van der Waals surface area contributed by atoms with Crippen molar-refractivity contribution in [2.75, 3.05) is 13.7 Å². The van der Waals surface area contributed by atoms with Gasteiger partial charge in [0.1, 0.15) is 18.8 Å². The second-order valence-electron chi connectivity index (χ2n) is 6.73. The molecule has 0 amide bonds. The smallest absolute Gasteiger partial charge is 0.338 e. The third-order valence-corrected chi connectivity index (χ3v) is 4.69. The summed E-state index contributed by atoms with van der Waals surface area (Å²) in [7, 11) is 1.41. The zero-order valence-electron chi connectivity index (χ0n) is 16.7. The average Bonchev–Trinajstić information content (AvgIpc) is 3.19. The molecule has 168 valence electrons. The van der Waals surface area contributed by atoms with E-state index >= 15 is 0 Å². The summed E-state index contributed by atoms with van der Waals surface area (Å²) in [4.78, 5) is 44.9. The molecule has 0 aromatic heterocycles. The highest BCUT2D eigenvalue weighted by molar-refractivity contribution is 5.90. The minimum atomic E-state index is -0.816. The molecule has 32 heavy (non-hydrogen) atoms. The van der Waals surface area contributed by atoms with Crippen LogP contribution in [0.2, 0.25) is 0 Å². The molecule has 0 aliphatic carbocycles. The number of non-ortho nitro benzene ring substituents is 2. The zero-order valence-corrected chi connectivity index (χ0v) is 16.7. The van der Waals surface area contributed by atoms with E-state index < -0.39 is 40.3 Å². The SMILES string of the molecule is COC1CC(OC(=O)c2ccc([N+](=O)[O-])cc2)C(COC(=O)c2ccc([N+](=O)[O-])cc2)O1. The molecule has 3 rings (SSSR count). The van der Waals surface area contributed by atoms with Crippen LogP contribution in [0.1, 0.15) is 27.1 Å². The number of carbonyl (C=O) groups is 2. The Balaban J connectivity index is 1.61. The molecule has 12 heteroatoms. The van der Waals surface area contributed by atoms with E-state index in [4.69, 9.17) is 18.9 Å². The molecule has 2 aromatic rings. The van der Waals surface area contributed by atoms with Crippen LogP contribution in [-0.2, 0) is 18.9 Å². The van der Waals surface area contributed by atoms with Crippen molar-refractivity contribution in [2.45, 2.75) is 24.9 Å². The molecule has 0 radical (unpaired) electrons. The fraction of sp³-hybridized carbons (Fsp3) is 0.300. The first-order valence-corrected chi connectivity index (χ1v) is 9.33. The quantitative estimate of drug-likeness (QED) is 0.335. The highest BCUT2D eigenvalue weighted by Crippen LogP contribution is 2.26. The molecular weight excluding hydrogens is 428 g/mol. The van der Waals surface area contributed by atoms with Crippen LogP contribution in [0, 0.1) is 20.2 Å². The number of carbonyl (C=O) groups excluding carboxylic acids is 2. The van der Waals surface area contributed by atoms with Gasteiger partial charge in [0.05, 0.1) is 21.0 Å². The van der Waals surface area contributed by atoms with E-state index in [0.717, 1.165) is 0 Å². The van der Waals surface area contributed by atoms with Gasteiger partial charge in [-0.2, -0.15) is 0 Å². The Bertz CT molecular complexity index is 1010. The minimum absolute atomic E-state index is 0.108. The zero-order chi connectivity index (χ0) is 23.3. The third kappa shape index (κ3) is 5.42. The Morgan fingerprint density at radius 1 is 0.938 bits per heavy atom. The summed E-state index contributed by atoms with van der Waals surface area (Å²) in [5, 5.41) is 21.4. The second-order valence-corrected chi connectivity index (χ2v) is 6.73. The van der Waals surface area contributed by atoms with E-state index in [-0.39, 0.29) is 35.5 Å². The molecule has 0 saturated carbocycles. The fourth-order valence-corrected chi connectivity index (χ4v) is 2.99. The van der Waals surface area contributed by atoms with Crippen LogP contribution in [0.5, 0.6) is 0 Å². The Kier molecular flexibility index (Phi) is 7.07. The first-order valence-electron chi connectivity index (χ1n) is 9.33. The van der Waals surface area contributed by atoms with Crippen molar-refractivity contribution >= 4 is 23.3 Å². The average molecular weight is 446 g/mol. The van der Waals surface area contributed by atoms with Crippen molar-refractivity contribution in [2.24, 2.45) is 0 Å². The van der Waals surface area contributed by atoms with E-state index in [1.807, 2.05) is 0 Å². The Hall–Kier alpha value is -3.90. The van der Waals surface area contributed by atoms with Gasteiger partial charge in [0.2, 0.25) is 0 Å². The van der Waals surface area contributed by atoms with Gasteiger partial charge in [-0.1, -0.05) is 0 Å². The normalized spacial score (nSPS) is 19.8. The number of nitro groups is 2. The lowest BCUT2D eigenvalue weighted by Crippen LogP contribution is -2.32. The maximum Gasteiger partial charge on any atom is 0.338 e. The van der Waals surface area contributed by atoms with E-state index in [2.05, 4.69) is 0 Å². The van der Waals surface area contributed by atoms with Gasteiger partial charge in [0, 0.05) is 37.8 Å². The molecule has 3 atom stereocenters. The summed E-state index contributed by atoms with van der Waals surface area (Å²) in [6.07, 6.45) is -2.11. The van der Waals surface area contributed by atoms with Gasteiger partial charge in [-0.25, -0.2) is 9.59 Å². The van der Waals surface area contributed by atoms with Crippen molar-refractivity contribution in [3.8, 4) is 0 Å². The number of hydrogen-bond donors (Lipinski definition) is 0. The van der Waals surface area contributed by atoms with Crippen LogP contribution in [-0.4, -0.2) is 54.0 Å². The number of ether oxygens (including phenoxy) is 4. The summed E-state index contributed by atoms with van der Waals surface area (Å²) < 4.78 is 21.4. The minimum Gasteiger partial charge on any atom is -0.459 e. The molecule has 3 unspecified atom stereocenters. The Labute approximate surface area is 180 Å². The number of hydrogen-bond acceptors (Lipinski definition) is 10. The van der Waals surface area contributed by atoms with Gasteiger partial charge in [0.25, 0.3) is 11.4 Å². The van der Waals surface area contributed by atoms with Gasteiger partial charge < -0.3 is 18.9 Å². The lowest BCUT2D eigenvalue weighted by Gasteiger charge is -2.18. The number of methoxy groups -OCH3 is 1. The maximum absolute atomic E-state index is 12.4. The molecule has 1 aliphatic heterocycles. The summed E-state index contributed by atoms with van der Waals surface area (Å²) >= 11 is 0. The van der Waals surface area contributed by atoms with E-state index in [1.165, 1.54) is 55.6 Å². The Morgan fingerprint density at radius 3 is 1.91 bits per heavy atom. The van der Waals surface area contributed by atoms with Crippen LogP contribution >= 0.6 is 0 Å². The summed E-state index contributed by atoms with van der Waals surface area (Å²) in [5.74, 6) is -1.46. The second kappa shape index (κ2) is 9.94. The molecule has 1 fully saturated rings. The van der Waals surface area contributed by atoms with Gasteiger partial charge >= 0.3 is 11.9 Å². The molecule has 2 aromatic carbocycles. The van der Waals surface area contributed by atoms with Gasteiger partial charge in [0.15, 0.2) is 6.29 Å². The molecule has 1 heterocycles. The number of rotatable bonds is 8. The van der Waals surface area contributed by atoms with Crippen molar-refractivity contribution in [1.82, 2.24) is 0 Å². The third-order valence-electron chi connectivity index (χ3n) is 4.69. The maximum atomic E-state index is 12.4. The molecule has 0 spiro atoms. The fourth-order valence-electron chi connectivity index (χ4n) is 2.99. The van der Waals surface area contributed by atoms with Crippen LogP contribution < -0.4 is 0 Å². The summed E-state index contributed by atoms with van der Waals surface area (Å²) in [6, 6.07) is 9.80. The van der Waals surface area contributed by atoms with Crippen LogP contribution in [0.3, 0.4) is 0 Å². The molecule has 0 bridgehead atoms. The first kappa shape index (κ1) is 22.8. The van der Waals surface area contributed by atoms with Crippen molar-refractivity contribution in [3.63, 3.8) is 0 Å². The highest BCUT2D eigenvalue weighted by atomic mass is 16.7. The predicted molar refractivity (Wildman–Crippen MR) is 106 cm³/mol. The summed E-state index contributed by atoms with van der Waals surface area (Å²) in [5.41, 5.74) is -0.113. The highest BCUT2D eigenvalue weighted by Gasteiger charge is 2.39. The first-order chi connectivity index (χ1) is 15.3. The lowest BCUT2D eigenvalue weighted by molar-refractivity contribution is -0.385. The topological polar surface area (TPSA) is 157 Å². The van der Waals surface area contributed by atoms with Crippen molar-refractivity contribution in [3.05, 3.63) is 79.9 Å². The number of nitro benzene ring substituents is 2. The number of esters is 2. The largest absolute Gasteiger partial charge is 0.459 e. The molecule has 12 nitrogen and oxygen atoms in total. The van der Waals surface area contributed by atoms with Crippen molar-refractivity contribution in [1.29, 1.82) is 0 Å². The molecular formula is C20H18N2O10. The predicted octanol–water partition coefficient (Wildman–Crippen LogP) is 2.65. The monoisotopic (exact) mass is 446 g/mol. The summed E-state index contributed by atoms with van der Waals surface area (Å²) in [6.45, 7) is -0.256. The molecule has 0 N–H and O–H groups in total. The van der Waals surface area contributed by atoms with Crippen molar-refractivity contribution < 1.29 is 38.4 Å². The van der Waals surface area contributed by atoms with E-state index in [1.54, 1.807) is 0 Å². The molecule has 1 aliphatic rings. The molecule has 1 saturated heterocycles. The van der Waals surface area contributed by atoms with Crippen LogP contribution in [0.25, 0.3) is 0 Å². The lowest BCUT2D eigenvalue weighted by atomic mass is 10.1. The number of nitrogens with zero attached hydrogens (tertiary/aromatic N) is 2. The van der Waals surface area contributed by atoms with Gasteiger partial charge in [-0.3, -0.25) is 20.2 Å². The Morgan fingerprint density at radius 2 is 1.44 bits per heavy atom. The van der Waals surface area contributed by atoms with Gasteiger partial charge in [-0.05, 0) is 24.3 Å². The number of benzene rings is 2. The van der Waals surface area contributed by atoms with E-state index in [0.29, 0.717) is 0 Å².